The van der Waals surface area contributed by atoms with E-state index in [-0.39, 0.29) is 12.1 Å². The van der Waals surface area contributed by atoms with Crippen LogP contribution in [-0.4, -0.2) is 15.7 Å². The maximum atomic E-state index is 12.8. The fourth-order valence-electron chi connectivity index (χ4n) is 1.36. The molecule has 1 aromatic heterocycles. The second-order valence-electron chi connectivity index (χ2n) is 3.65. The molecule has 1 aliphatic carbocycles. The number of halogens is 2. The molecule has 1 aromatic rings. The number of aromatic nitrogens is 2. The van der Waals surface area contributed by atoms with Crippen molar-refractivity contribution in [3.05, 3.63) is 17.5 Å². The van der Waals surface area contributed by atoms with Crippen LogP contribution in [0, 0.1) is 6.92 Å². The summed E-state index contributed by atoms with van der Waals surface area (Å²) in [4.78, 5) is 0. The van der Waals surface area contributed by atoms with Gasteiger partial charge in [-0.05, 0) is 13.0 Å². The minimum Gasteiger partial charge on any atom is -0.315 e. The second-order valence-corrected chi connectivity index (χ2v) is 3.65. The fourth-order valence-corrected chi connectivity index (χ4v) is 1.36. The maximum absolute atomic E-state index is 12.8. The van der Waals surface area contributed by atoms with Crippen LogP contribution in [0.2, 0.25) is 0 Å². The van der Waals surface area contributed by atoms with Gasteiger partial charge in [-0.1, -0.05) is 0 Å². The third kappa shape index (κ3) is 0.997. The van der Waals surface area contributed by atoms with Crippen molar-refractivity contribution in [2.24, 2.45) is 12.8 Å². The molecule has 0 aliphatic heterocycles. The fraction of sp³-hybridized carbons (Fsp3) is 0.625. The summed E-state index contributed by atoms with van der Waals surface area (Å²) < 4.78 is 27.2. The van der Waals surface area contributed by atoms with E-state index >= 15 is 0 Å². The average molecular weight is 187 g/mol. The van der Waals surface area contributed by atoms with Gasteiger partial charge in [0.2, 0.25) is 0 Å². The molecule has 0 aromatic carbocycles. The Kier molecular flexibility index (Phi) is 1.39. The molecule has 1 unspecified atom stereocenters. The number of aryl methyl sites for hydroxylation is 2. The van der Waals surface area contributed by atoms with Crippen molar-refractivity contribution in [1.29, 1.82) is 0 Å². The van der Waals surface area contributed by atoms with Crippen LogP contribution in [0.5, 0.6) is 0 Å². The molecule has 1 fully saturated rings. The Balaban J connectivity index is 2.38. The van der Waals surface area contributed by atoms with Gasteiger partial charge in [0.25, 0.3) is 5.92 Å². The van der Waals surface area contributed by atoms with Crippen molar-refractivity contribution in [3.63, 3.8) is 0 Å². The zero-order valence-electron chi connectivity index (χ0n) is 7.51. The third-order valence-corrected chi connectivity index (χ3v) is 2.60. The molecule has 5 heteroatoms. The van der Waals surface area contributed by atoms with Crippen molar-refractivity contribution in [3.8, 4) is 0 Å². The number of rotatable bonds is 1. The van der Waals surface area contributed by atoms with Gasteiger partial charge >= 0.3 is 0 Å². The van der Waals surface area contributed by atoms with E-state index in [1.807, 2.05) is 0 Å². The minimum absolute atomic E-state index is 0.289. The van der Waals surface area contributed by atoms with Crippen molar-refractivity contribution < 1.29 is 8.78 Å². The first-order valence-corrected chi connectivity index (χ1v) is 4.05. The summed E-state index contributed by atoms with van der Waals surface area (Å²) in [5.41, 5.74) is 5.11. The summed E-state index contributed by atoms with van der Waals surface area (Å²) in [6.07, 6.45) is -0.295. The SMILES string of the molecule is Cc1cc(C2(N)CC2(F)F)nn1C. The summed E-state index contributed by atoms with van der Waals surface area (Å²) in [7, 11) is 1.71. The molecular weight excluding hydrogens is 176 g/mol. The first-order chi connectivity index (χ1) is 5.87. The molecule has 1 saturated carbocycles. The smallest absolute Gasteiger partial charge is 0.274 e. The highest BCUT2D eigenvalue weighted by Crippen LogP contribution is 2.57. The highest BCUT2D eigenvalue weighted by atomic mass is 19.3. The van der Waals surface area contributed by atoms with Gasteiger partial charge in [0.15, 0.2) is 0 Å². The lowest BCUT2D eigenvalue weighted by Gasteiger charge is -2.05. The zero-order chi connectivity index (χ0) is 9.85. The third-order valence-electron chi connectivity index (χ3n) is 2.60. The molecule has 0 bridgehead atoms. The molecule has 1 atom stereocenters. The van der Waals surface area contributed by atoms with Crippen LogP contribution in [0.15, 0.2) is 6.07 Å². The molecule has 0 amide bonds. The molecule has 2 N–H and O–H groups in total. The van der Waals surface area contributed by atoms with Crippen LogP contribution in [0.1, 0.15) is 17.8 Å². The monoisotopic (exact) mass is 187 g/mol. The number of nitrogens with two attached hydrogens (primary N) is 1. The lowest BCUT2D eigenvalue weighted by Crippen LogP contribution is -2.27. The van der Waals surface area contributed by atoms with Gasteiger partial charge in [0, 0.05) is 19.2 Å². The lowest BCUT2D eigenvalue weighted by atomic mass is 10.2. The number of nitrogens with zero attached hydrogens (tertiary/aromatic N) is 2. The Bertz CT molecular complexity index is 339. The van der Waals surface area contributed by atoms with E-state index in [9.17, 15) is 8.78 Å². The highest BCUT2D eigenvalue weighted by molar-refractivity contribution is 5.31. The molecule has 13 heavy (non-hydrogen) atoms. The summed E-state index contributed by atoms with van der Waals surface area (Å²) >= 11 is 0. The van der Waals surface area contributed by atoms with Crippen molar-refractivity contribution in [2.75, 3.05) is 0 Å². The van der Waals surface area contributed by atoms with Gasteiger partial charge in [-0.2, -0.15) is 5.10 Å². The van der Waals surface area contributed by atoms with Crippen LogP contribution in [0.25, 0.3) is 0 Å². The quantitative estimate of drug-likeness (QED) is 0.710. The van der Waals surface area contributed by atoms with E-state index in [0.717, 1.165) is 5.69 Å². The molecule has 0 saturated heterocycles. The normalized spacial score (nSPS) is 30.5. The van der Waals surface area contributed by atoms with Gasteiger partial charge in [-0.3, -0.25) is 4.68 Å². The Morgan fingerprint density at radius 1 is 1.62 bits per heavy atom. The average Bonchev–Trinajstić information content (AvgIpc) is 2.34. The van der Waals surface area contributed by atoms with Gasteiger partial charge in [-0.25, -0.2) is 8.78 Å². The minimum atomic E-state index is -2.78. The molecule has 1 heterocycles. The Hall–Kier alpha value is -0.970. The van der Waals surface area contributed by atoms with E-state index in [2.05, 4.69) is 5.10 Å². The first-order valence-electron chi connectivity index (χ1n) is 4.05. The van der Waals surface area contributed by atoms with Crippen LogP contribution < -0.4 is 5.73 Å². The van der Waals surface area contributed by atoms with E-state index in [1.54, 1.807) is 24.7 Å². The molecule has 3 nitrogen and oxygen atoms in total. The van der Waals surface area contributed by atoms with Crippen molar-refractivity contribution in [1.82, 2.24) is 9.78 Å². The molecular formula is C8H11F2N3. The zero-order valence-corrected chi connectivity index (χ0v) is 7.51. The summed E-state index contributed by atoms with van der Waals surface area (Å²) in [6, 6.07) is 1.61. The number of alkyl halides is 2. The van der Waals surface area contributed by atoms with Gasteiger partial charge in [0.05, 0.1) is 5.69 Å². The molecule has 0 spiro atoms. The molecule has 1 aliphatic rings. The van der Waals surface area contributed by atoms with Crippen molar-refractivity contribution >= 4 is 0 Å². The lowest BCUT2D eigenvalue weighted by molar-refractivity contribution is 0.0879. The van der Waals surface area contributed by atoms with Gasteiger partial charge < -0.3 is 5.73 Å². The van der Waals surface area contributed by atoms with E-state index < -0.39 is 11.5 Å². The van der Waals surface area contributed by atoms with Crippen LogP contribution in [-0.2, 0) is 12.6 Å². The topological polar surface area (TPSA) is 43.8 Å². The summed E-state index contributed by atoms with van der Waals surface area (Å²) in [5.74, 6) is -2.78. The number of hydrogen-bond donors (Lipinski definition) is 1. The first kappa shape index (κ1) is 8.62. The highest BCUT2D eigenvalue weighted by Gasteiger charge is 2.71. The summed E-state index contributed by atoms with van der Waals surface area (Å²) in [6.45, 7) is 1.81. The maximum Gasteiger partial charge on any atom is 0.274 e. The van der Waals surface area contributed by atoms with Gasteiger partial charge in [0.1, 0.15) is 5.54 Å². The Labute approximate surface area is 74.5 Å². The molecule has 72 valence electrons. The second kappa shape index (κ2) is 2.09. The van der Waals surface area contributed by atoms with Gasteiger partial charge in [-0.15, -0.1) is 0 Å². The van der Waals surface area contributed by atoms with Crippen LogP contribution in [0.4, 0.5) is 8.78 Å². The van der Waals surface area contributed by atoms with E-state index in [1.165, 1.54) is 0 Å². The predicted molar refractivity (Wildman–Crippen MR) is 43.4 cm³/mol. The predicted octanol–water partition coefficient (Wildman–Crippen LogP) is 0.922. The van der Waals surface area contributed by atoms with E-state index in [4.69, 9.17) is 5.73 Å². The van der Waals surface area contributed by atoms with Crippen molar-refractivity contribution in [2.45, 2.75) is 24.8 Å². The summed E-state index contributed by atoms with van der Waals surface area (Å²) in [5, 5.41) is 3.95. The largest absolute Gasteiger partial charge is 0.315 e. The van der Waals surface area contributed by atoms with E-state index in [0.29, 0.717) is 0 Å². The van der Waals surface area contributed by atoms with Crippen LogP contribution in [0.3, 0.4) is 0 Å². The van der Waals surface area contributed by atoms with Crippen LogP contribution >= 0.6 is 0 Å². The standard InChI is InChI=1S/C8H11F2N3/c1-5-3-6(12-13(5)2)7(11)4-8(7,9)10/h3H,4,11H2,1-2H3. The Morgan fingerprint density at radius 3 is 2.46 bits per heavy atom. The molecule has 0 radical (unpaired) electrons. The number of hydrogen-bond acceptors (Lipinski definition) is 2. The molecule has 2 rings (SSSR count). The Morgan fingerprint density at radius 2 is 2.15 bits per heavy atom.